The first-order valence-corrected chi connectivity index (χ1v) is 8.49. The molecule has 0 atom stereocenters. The van der Waals surface area contributed by atoms with Gasteiger partial charge < -0.3 is 9.42 Å². The smallest absolute Gasteiger partial charge is 0.257 e. The van der Waals surface area contributed by atoms with Crippen molar-refractivity contribution in [3.05, 3.63) is 66.0 Å². The second kappa shape index (κ2) is 7.21. The van der Waals surface area contributed by atoms with Gasteiger partial charge in [-0.2, -0.15) is 4.98 Å². The molecule has 1 aromatic heterocycles. The van der Waals surface area contributed by atoms with Gasteiger partial charge in [0.1, 0.15) is 11.6 Å². The van der Waals surface area contributed by atoms with Crippen molar-refractivity contribution >= 4 is 5.69 Å². The Morgan fingerprint density at radius 2 is 1.65 bits per heavy atom. The third kappa shape index (κ3) is 3.57. The number of hydrogen-bond donors (Lipinski definition) is 0. The molecule has 0 bridgehead atoms. The van der Waals surface area contributed by atoms with Crippen LogP contribution in [-0.2, 0) is 6.54 Å². The zero-order valence-electron chi connectivity index (χ0n) is 14.1. The predicted molar refractivity (Wildman–Crippen MR) is 93.6 cm³/mol. The average molecular weight is 356 g/mol. The summed E-state index contributed by atoms with van der Waals surface area (Å²) in [5, 5.41) is 4.01. The third-order valence-electron chi connectivity index (χ3n) is 4.49. The molecule has 0 unspecified atom stereocenters. The van der Waals surface area contributed by atoms with Crippen molar-refractivity contribution in [1.82, 2.24) is 15.0 Å². The summed E-state index contributed by atoms with van der Waals surface area (Å²) in [4.78, 5) is 8.63. The number of rotatable bonds is 4. The predicted octanol–water partition coefficient (Wildman–Crippen LogP) is 3.34. The first kappa shape index (κ1) is 16.7. The number of anilines is 1. The summed E-state index contributed by atoms with van der Waals surface area (Å²) < 4.78 is 32.2. The molecular formula is C19H18F2N4O. The van der Waals surface area contributed by atoms with E-state index < -0.39 is 0 Å². The Bertz CT molecular complexity index is 873. The maximum absolute atomic E-state index is 13.9. The van der Waals surface area contributed by atoms with Gasteiger partial charge in [-0.05, 0) is 36.4 Å². The van der Waals surface area contributed by atoms with Crippen molar-refractivity contribution in [3.63, 3.8) is 0 Å². The molecule has 26 heavy (non-hydrogen) atoms. The Morgan fingerprint density at radius 1 is 0.923 bits per heavy atom. The summed E-state index contributed by atoms with van der Waals surface area (Å²) in [6.07, 6.45) is 0. The van der Waals surface area contributed by atoms with Crippen LogP contribution in [0.15, 0.2) is 53.1 Å². The van der Waals surface area contributed by atoms with Crippen LogP contribution < -0.4 is 4.90 Å². The highest BCUT2D eigenvalue weighted by molar-refractivity contribution is 5.52. The number of hydrogen-bond acceptors (Lipinski definition) is 5. The van der Waals surface area contributed by atoms with Gasteiger partial charge in [0.2, 0.25) is 0 Å². The Balaban J connectivity index is 1.36. The van der Waals surface area contributed by atoms with Crippen molar-refractivity contribution in [1.29, 1.82) is 0 Å². The van der Waals surface area contributed by atoms with E-state index in [0.717, 1.165) is 26.2 Å². The summed E-state index contributed by atoms with van der Waals surface area (Å²) in [5.74, 6) is 0.470. The number of para-hydroxylation sites is 1. The lowest BCUT2D eigenvalue weighted by molar-refractivity contribution is 0.239. The first-order chi connectivity index (χ1) is 12.7. The maximum atomic E-state index is 13.9. The summed E-state index contributed by atoms with van der Waals surface area (Å²) >= 11 is 0. The van der Waals surface area contributed by atoms with Crippen LogP contribution in [0.2, 0.25) is 0 Å². The van der Waals surface area contributed by atoms with Crippen LogP contribution in [-0.4, -0.2) is 41.2 Å². The van der Waals surface area contributed by atoms with E-state index in [4.69, 9.17) is 4.52 Å². The topological polar surface area (TPSA) is 45.4 Å². The summed E-state index contributed by atoms with van der Waals surface area (Å²) in [7, 11) is 0. The molecule has 5 nitrogen and oxygen atoms in total. The standard InChI is InChI=1S/C19H18F2N4O/c20-15-7-5-14(6-8-15)19-22-18(23-26-19)13-24-9-11-25(12-10-24)17-4-2-1-3-16(17)21/h1-8H,9-13H2. The fourth-order valence-corrected chi connectivity index (χ4v) is 3.08. The quantitative estimate of drug-likeness (QED) is 0.717. The maximum Gasteiger partial charge on any atom is 0.257 e. The lowest BCUT2D eigenvalue weighted by atomic mass is 10.2. The molecule has 1 aliphatic rings. The summed E-state index contributed by atoms with van der Waals surface area (Å²) in [5.41, 5.74) is 1.33. The fraction of sp³-hybridized carbons (Fsp3) is 0.263. The number of benzene rings is 2. The Morgan fingerprint density at radius 3 is 2.38 bits per heavy atom. The minimum Gasteiger partial charge on any atom is -0.367 e. The van der Waals surface area contributed by atoms with Gasteiger partial charge in [-0.25, -0.2) is 8.78 Å². The zero-order valence-corrected chi connectivity index (χ0v) is 14.1. The molecule has 0 N–H and O–H groups in total. The van der Waals surface area contributed by atoms with Gasteiger partial charge >= 0.3 is 0 Å². The molecule has 7 heteroatoms. The first-order valence-electron chi connectivity index (χ1n) is 8.49. The minimum atomic E-state index is -0.304. The molecule has 4 rings (SSSR count). The zero-order chi connectivity index (χ0) is 17.9. The van der Waals surface area contributed by atoms with Crippen LogP contribution in [0, 0.1) is 11.6 Å². The normalized spacial score (nSPS) is 15.4. The number of aromatic nitrogens is 2. The second-order valence-electron chi connectivity index (χ2n) is 6.24. The lowest BCUT2D eigenvalue weighted by Gasteiger charge is -2.35. The van der Waals surface area contributed by atoms with Gasteiger partial charge in [-0.1, -0.05) is 17.3 Å². The fourth-order valence-electron chi connectivity index (χ4n) is 3.08. The van der Waals surface area contributed by atoms with E-state index in [9.17, 15) is 8.78 Å². The van der Waals surface area contributed by atoms with Crippen LogP contribution in [0.5, 0.6) is 0 Å². The highest BCUT2D eigenvalue weighted by Gasteiger charge is 2.21. The molecule has 3 aromatic rings. The van der Waals surface area contributed by atoms with E-state index in [2.05, 4.69) is 15.0 Å². The van der Waals surface area contributed by atoms with Crippen molar-refractivity contribution in [2.75, 3.05) is 31.1 Å². The van der Waals surface area contributed by atoms with Crippen LogP contribution in [0.3, 0.4) is 0 Å². The van der Waals surface area contributed by atoms with E-state index in [0.29, 0.717) is 29.5 Å². The third-order valence-corrected chi connectivity index (χ3v) is 4.49. The molecule has 1 fully saturated rings. The molecule has 134 valence electrons. The molecule has 1 saturated heterocycles. The van der Waals surface area contributed by atoms with Crippen molar-refractivity contribution in [3.8, 4) is 11.5 Å². The van der Waals surface area contributed by atoms with Gasteiger partial charge in [-0.3, -0.25) is 4.90 Å². The monoisotopic (exact) mass is 356 g/mol. The highest BCUT2D eigenvalue weighted by atomic mass is 19.1. The van der Waals surface area contributed by atoms with Crippen molar-refractivity contribution < 1.29 is 13.3 Å². The Hall–Kier alpha value is -2.80. The number of nitrogens with zero attached hydrogens (tertiary/aromatic N) is 4. The Kier molecular flexibility index (Phi) is 4.62. The molecule has 2 heterocycles. The van der Waals surface area contributed by atoms with E-state index in [1.54, 1.807) is 24.3 Å². The molecule has 0 aliphatic carbocycles. The largest absolute Gasteiger partial charge is 0.367 e. The SMILES string of the molecule is Fc1ccc(-c2nc(CN3CCN(c4ccccc4F)CC3)no2)cc1. The molecule has 2 aromatic carbocycles. The highest BCUT2D eigenvalue weighted by Crippen LogP contribution is 2.21. The summed E-state index contributed by atoms with van der Waals surface area (Å²) in [6, 6.07) is 12.8. The molecule has 0 saturated carbocycles. The van der Waals surface area contributed by atoms with Gasteiger partial charge in [0.25, 0.3) is 5.89 Å². The average Bonchev–Trinajstić information content (AvgIpc) is 3.12. The van der Waals surface area contributed by atoms with Gasteiger partial charge in [-0.15, -0.1) is 0 Å². The van der Waals surface area contributed by atoms with Crippen molar-refractivity contribution in [2.45, 2.75) is 6.54 Å². The van der Waals surface area contributed by atoms with E-state index >= 15 is 0 Å². The van der Waals surface area contributed by atoms with Gasteiger partial charge in [0.15, 0.2) is 5.82 Å². The number of halogens is 2. The van der Waals surface area contributed by atoms with Gasteiger partial charge in [0.05, 0.1) is 12.2 Å². The minimum absolute atomic E-state index is 0.192. The van der Waals surface area contributed by atoms with E-state index in [-0.39, 0.29) is 11.6 Å². The molecule has 0 amide bonds. The van der Waals surface area contributed by atoms with E-state index in [1.165, 1.54) is 18.2 Å². The van der Waals surface area contributed by atoms with Gasteiger partial charge in [0, 0.05) is 31.7 Å². The molecular weight excluding hydrogens is 338 g/mol. The number of piperazine rings is 1. The summed E-state index contributed by atoms with van der Waals surface area (Å²) in [6.45, 7) is 3.62. The molecule has 0 spiro atoms. The van der Waals surface area contributed by atoms with E-state index in [1.807, 2.05) is 11.0 Å². The molecule has 0 radical (unpaired) electrons. The second-order valence-corrected chi connectivity index (χ2v) is 6.24. The van der Waals surface area contributed by atoms with Crippen LogP contribution in [0.1, 0.15) is 5.82 Å². The van der Waals surface area contributed by atoms with Crippen molar-refractivity contribution in [2.24, 2.45) is 0 Å². The van der Waals surface area contributed by atoms with Crippen LogP contribution >= 0.6 is 0 Å². The lowest BCUT2D eigenvalue weighted by Crippen LogP contribution is -2.46. The van der Waals surface area contributed by atoms with Crippen LogP contribution in [0.25, 0.3) is 11.5 Å². The van der Waals surface area contributed by atoms with Crippen LogP contribution in [0.4, 0.5) is 14.5 Å². The Labute approximate surface area is 149 Å². The molecule has 1 aliphatic heterocycles.